The third kappa shape index (κ3) is 8.14. The Bertz CT molecular complexity index is 1580. The van der Waals surface area contributed by atoms with Gasteiger partial charge in [0.2, 0.25) is 0 Å². The number of hydrogen-bond donors (Lipinski definition) is 2. The number of amides is 2. The lowest BCUT2D eigenvalue weighted by Gasteiger charge is -2.09. The van der Waals surface area contributed by atoms with Gasteiger partial charge in [-0.15, -0.1) is 0 Å². The zero-order chi connectivity index (χ0) is 29.0. The van der Waals surface area contributed by atoms with Gasteiger partial charge in [0.25, 0.3) is 11.8 Å². The molecule has 0 atom stereocenters. The van der Waals surface area contributed by atoms with Crippen molar-refractivity contribution in [3.63, 3.8) is 0 Å². The van der Waals surface area contributed by atoms with Crippen molar-refractivity contribution in [2.75, 3.05) is 19.5 Å². The van der Waals surface area contributed by atoms with Crippen LogP contribution in [-0.4, -0.2) is 38.2 Å². The number of nitrogens with one attached hydrogen (secondary N) is 2. The normalized spacial score (nSPS) is 10.8. The van der Waals surface area contributed by atoms with Crippen LogP contribution < -0.4 is 25.0 Å². The van der Waals surface area contributed by atoms with E-state index < -0.39 is 11.9 Å². The first-order valence-electron chi connectivity index (χ1n) is 12.5. The van der Waals surface area contributed by atoms with Crippen molar-refractivity contribution in [3.05, 3.63) is 125 Å². The maximum Gasteiger partial charge on any atom is 0.336 e. The van der Waals surface area contributed by atoms with Gasteiger partial charge in [0.15, 0.2) is 11.5 Å². The van der Waals surface area contributed by atoms with Crippen LogP contribution in [0, 0.1) is 0 Å². The summed E-state index contributed by atoms with van der Waals surface area (Å²) in [7, 11) is 3.00. The second-order valence-electron chi connectivity index (χ2n) is 8.54. The molecule has 0 aromatic heterocycles. The average molecular weight is 550 g/mol. The van der Waals surface area contributed by atoms with Gasteiger partial charge in [-0.25, -0.2) is 10.2 Å². The number of nitrogens with zero attached hydrogens (tertiary/aromatic N) is 1. The molecule has 0 heterocycles. The maximum atomic E-state index is 12.6. The molecule has 0 saturated heterocycles. The van der Waals surface area contributed by atoms with E-state index >= 15 is 0 Å². The van der Waals surface area contributed by atoms with Crippen LogP contribution in [0.3, 0.4) is 0 Å². The van der Waals surface area contributed by atoms with Crippen LogP contribution in [0.1, 0.15) is 31.8 Å². The minimum absolute atomic E-state index is 0.241. The van der Waals surface area contributed by atoms with Crippen LogP contribution in [-0.2, 0) is 4.79 Å². The quantitative estimate of drug-likeness (QED) is 0.0908. The van der Waals surface area contributed by atoms with Crippen molar-refractivity contribution in [3.8, 4) is 17.2 Å². The van der Waals surface area contributed by atoms with Crippen molar-refractivity contribution < 1.29 is 28.6 Å². The van der Waals surface area contributed by atoms with Gasteiger partial charge in [0.1, 0.15) is 5.75 Å². The molecule has 9 heteroatoms. The van der Waals surface area contributed by atoms with Crippen molar-refractivity contribution in [2.24, 2.45) is 5.10 Å². The van der Waals surface area contributed by atoms with E-state index in [0.29, 0.717) is 33.9 Å². The van der Waals surface area contributed by atoms with Gasteiger partial charge in [-0.05, 0) is 77.9 Å². The molecule has 0 fully saturated rings. The molecule has 0 aliphatic heterocycles. The highest BCUT2D eigenvalue weighted by molar-refractivity contribution is 6.05. The summed E-state index contributed by atoms with van der Waals surface area (Å²) in [4.78, 5) is 37.4. The van der Waals surface area contributed by atoms with Gasteiger partial charge in [0.05, 0.1) is 20.4 Å². The third-order valence-corrected chi connectivity index (χ3v) is 5.72. The fraction of sp³-hybridized carbons (Fsp3) is 0.0625. The van der Waals surface area contributed by atoms with Crippen LogP contribution in [0.15, 0.2) is 108 Å². The van der Waals surface area contributed by atoms with E-state index in [1.807, 2.05) is 30.3 Å². The zero-order valence-corrected chi connectivity index (χ0v) is 22.4. The molecular formula is C32H27N3O6. The highest BCUT2D eigenvalue weighted by atomic mass is 16.6. The Balaban J connectivity index is 1.34. The molecule has 0 bridgehead atoms. The topological polar surface area (TPSA) is 115 Å². The van der Waals surface area contributed by atoms with Crippen LogP contribution >= 0.6 is 0 Å². The molecule has 0 spiro atoms. The van der Waals surface area contributed by atoms with Gasteiger partial charge in [-0.2, -0.15) is 5.10 Å². The Hall–Kier alpha value is -5.70. The molecule has 2 amide bonds. The Morgan fingerprint density at radius 3 is 2.22 bits per heavy atom. The molecule has 9 nitrogen and oxygen atoms in total. The lowest BCUT2D eigenvalue weighted by molar-refractivity contribution is -0.129. The van der Waals surface area contributed by atoms with E-state index in [4.69, 9.17) is 14.2 Å². The molecular weight excluding hydrogens is 522 g/mol. The number of esters is 1. The van der Waals surface area contributed by atoms with Crippen LogP contribution in [0.25, 0.3) is 6.08 Å². The second-order valence-corrected chi connectivity index (χ2v) is 8.54. The molecule has 41 heavy (non-hydrogen) atoms. The minimum Gasteiger partial charge on any atom is -0.497 e. The molecule has 206 valence electrons. The van der Waals surface area contributed by atoms with E-state index in [0.717, 1.165) is 5.56 Å². The van der Waals surface area contributed by atoms with E-state index in [1.54, 1.807) is 79.9 Å². The van der Waals surface area contributed by atoms with Crippen LogP contribution in [0.2, 0.25) is 0 Å². The fourth-order valence-electron chi connectivity index (χ4n) is 3.63. The van der Waals surface area contributed by atoms with Gasteiger partial charge in [0, 0.05) is 22.9 Å². The monoisotopic (exact) mass is 549 g/mol. The first-order chi connectivity index (χ1) is 19.9. The number of carbonyl (C=O) groups is 3. The summed E-state index contributed by atoms with van der Waals surface area (Å²) in [6.07, 6.45) is 4.42. The van der Waals surface area contributed by atoms with Crippen molar-refractivity contribution in [1.29, 1.82) is 0 Å². The predicted octanol–water partition coefficient (Wildman–Crippen LogP) is 5.34. The second kappa shape index (κ2) is 13.9. The van der Waals surface area contributed by atoms with E-state index in [2.05, 4.69) is 15.8 Å². The smallest absolute Gasteiger partial charge is 0.336 e. The number of rotatable bonds is 10. The summed E-state index contributed by atoms with van der Waals surface area (Å²) in [5.41, 5.74) is 5.13. The first kappa shape index (κ1) is 28.3. The van der Waals surface area contributed by atoms with Gasteiger partial charge in [-0.3, -0.25) is 9.59 Å². The standard InChI is InChI=1S/C32H27N3O6/c1-39-27-15-13-24(14-16-27)31(37)34-26-10-6-9-25(20-26)32(38)35-33-21-23-11-17-28(29(19-23)40-2)41-30(36)18-12-22-7-4-3-5-8-22/h3-21H,1-2H3,(H,34,37)(H,35,38)/b18-12+,33-21?. The Morgan fingerprint density at radius 1 is 0.707 bits per heavy atom. The Kier molecular flexibility index (Phi) is 9.60. The van der Waals surface area contributed by atoms with E-state index in [9.17, 15) is 14.4 Å². The number of hydrogen-bond acceptors (Lipinski definition) is 7. The van der Waals surface area contributed by atoms with E-state index in [1.165, 1.54) is 19.4 Å². The van der Waals surface area contributed by atoms with Gasteiger partial charge >= 0.3 is 5.97 Å². The molecule has 4 aromatic carbocycles. The molecule has 0 radical (unpaired) electrons. The van der Waals surface area contributed by atoms with Crippen molar-refractivity contribution in [1.82, 2.24) is 5.43 Å². The first-order valence-corrected chi connectivity index (χ1v) is 12.5. The predicted molar refractivity (Wildman–Crippen MR) is 157 cm³/mol. The molecule has 0 unspecified atom stereocenters. The van der Waals surface area contributed by atoms with Crippen LogP contribution in [0.4, 0.5) is 5.69 Å². The fourth-order valence-corrected chi connectivity index (χ4v) is 3.63. The highest BCUT2D eigenvalue weighted by Crippen LogP contribution is 2.28. The maximum absolute atomic E-state index is 12.6. The SMILES string of the molecule is COc1ccc(C(=O)Nc2cccc(C(=O)NN=Cc3ccc(OC(=O)/C=C/c4ccccc4)c(OC)c3)c2)cc1. The minimum atomic E-state index is -0.553. The lowest BCUT2D eigenvalue weighted by atomic mass is 10.1. The molecule has 4 rings (SSSR count). The molecule has 0 aliphatic rings. The van der Waals surface area contributed by atoms with Gasteiger partial charge in [-0.1, -0.05) is 36.4 Å². The third-order valence-electron chi connectivity index (χ3n) is 5.72. The van der Waals surface area contributed by atoms with E-state index in [-0.39, 0.29) is 11.7 Å². The number of anilines is 1. The Morgan fingerprint density at radius 2 is 1.49 bits per heavy atom. The molecule has 2 N–H and O–H groups in total. The van der Waals surface area contributed by atoms with Crippen molar-refractivity contribution >= 4 is 35.8 Å². The Labute approximate surface area is 237 Å². The number of benzene rings is 4. The lowest BCUT2D eigenvalue weighted by Crippen LogP contribution is -2.18. The molecule has 0 aliphatic carbocycles. The summed E-state index contributed by atoms with van der Waals surface area (Å²) in [6.45, 7) is 0. The number of carbonyl (C=O) groups excluding carboxylic acids is 3. The summed E-state index contributed by atoms with van der Waals surface area (Å²) < 4.78 is 15.8. The highest BCUT2D eigenvalue weighted by Gasteiger charge is 2.11. The average Bonchev–Trinajstić information content (AvgIpc) is 3.01. The number of methoxy groups -OCH3 is 2. The number of hydrazone groups is 1. The van der Waals surface area contributed by atoms with Crippen LogP contribution in [0.5, 0.6) is 17.2 Å². The summed E-state index contributed by atoms with van der Waals surface area (Å²) in [5, 5.41) is 6.77. The largest absolute Gasteiger partial charge is 0.497 e. The summed E-state index contributed by atoms with van der Waals surface area (Å²) in [5.74, 6) is -0.135. The molecule has 4 aromatic rings. The summed E-state index contributed by atoms with van der Waals surface area (Å²) >= 11 is 0. The zero-order valence-electron chi connectivity index (χ0n) is 22.4. The van der Waals surface area contributed by atoms with Crippen molar-refractivity contribution in [2.45, 2.75) is 0 Å². The number of ether oxygens (including phenoxy) is 3. The summed E-state index contributed by atoms with van der Waals surface area (Å²) in [6, 6.07) is 27.4. The molecule has 0 saturated carbocycles. The van der Waals surface area contributed by atoms with Gasteiger partial charge < -0.3 is 19.5 Å².